The smallest absolute Gasteiger partial charge is 0.184 e. The summed E-state index contributed by atoms with van der Waals surface area (Å²) in [6.07, 6.45) is -2.71. The van der Waals surface area contributed by atoms with E-state index in [4.69, 9.17) is 23.7 Å². The van der Waals surface area contributed by atoms with Crippen LogP contribution in [-0.2, 0) is 23.7 Å². The molecule has 0 aromatic carbocycles. The Morgan fingerprint density at radius 3 is 1.94 bits per heavy atom. The molecular weight excluding hydrogens is 216 g/mol. The summed E-state index contributed by atoms with van der Waals surface area (Å²) < 4.78 is 26.1. The minimum atomic E-state index is -1.04. The average molecular weight is 236 g/mol. The molecule has 0 bridgehead atoms. The second kappa shape index (κ2) is 6.48. The van der Waals surface area contributed by atoms with Gasteiger partial charge in [0.25, 0.3) is 0 Å². The summed E-state index contributed by atoms with van der Waals surface area (Å²) in [5, 5.41) is 9.74. The van der Waals surface area contributed by atoms with Crippen LogP contribution in [0.2, 0.25) is 0 Å². The number of ether oxygens (including phenoxy) is 5. The lowest BCUT2D eigenvalue weighted by Crippen LogP contribution is -2.60. The van der Waals surface area contributed by atoms with Gasteiger partial charge in [-0.3, -0.25) is 0 Å². The van der Waals surface area contributed by atoms with Gasteiger partial charge in [-0.15, -0.1) is 0 Å². The van der Waals surface area contributed by atoms with Crippen molar-refractivity contribution in [1.29, 1.82) is 0 Å². The molecule has 0 saturated carbocycles. The van der Waals surface area contributed by atoms with Crippen LogP contribution in [-0.4, -0.2) is 70.9 Å². The topological polar surface area (TPSA) is 66.4 Å². The summed E-state index contributed by atoms with van der Waals surface area (Å²) in [5.74, 6) is 0. The summed E-state index contributed by atoms with van der Waals surface area (Å²) in [6, 6.07) is 0. The third-order valence-electron chi connectivity index (χ3n) is 2.76. The third kappa shape index (κ3) is 2.71. The predicted molar refractivity (Wildman–Crippen MR) is 55.1 cm³/mol. The largest absolute Gasteiger partial charge is 0.382 e. The Labute approximate surface area is 95.4 Å². The molecule has 0 radical (unpaired) electrons. The fourth-order valence-corrected chi connectivity index (χ4v) is 2.00. The molecule has 96 valence electrons. The molecule has 1 N–H and O–H groups in total. The van der Waals surface area contributed by atoms with E-state index in [-0.39, 0.29) is 18.3 Å². The second-order valence-corrected chi connectivity index (χ2v) is 3.62. The van der Waals surface area contributed by atoms with E-state index in [2.05, 4.69) is 0 Å². The maximum atomic E-state index is 9.74. The standard InChI is InChI=1S/C10H20O6/c1-12-5-6-7(13-2)8(14-3)9(15-4)10(11)16-6/h6-11H,5H2,1-4H3/t6-,7+,8+,9-,10+/m0/s1. The molecule has 6 heteroatoms. The second-order valence-electron chi connectivity index (χ2n) is 3.62. The Balaban J connectivity index is 2.78. The van der Waals surface area contributed by atoms with Crippen molar-refractivity contribution in [2.75, 3.05) is 35.0 Å². The van der Waals surface area contributed by atoms with E-state index in [9.17, 15) is 5.11 Å². The van der Waals surface area contributed by atoms with E-state index in [0.717, 1.165) is 0 Å². The van der Waals surface area contributed by atoms with E-state index >= 15 is 0 Å². The summed E-state index contributed by atoms with van der Waals surface area (Å²) >= 11 is 0. The monoisotopic (exact) mass is 236 g/mol. The lowest BCUT2D eigenvalue weighted by Gasteiger charge is -2.42. The highest BCUT2D eigenvalue weighted by molar-refractivity contribution is 4.91. The van der Waals surface area contributed by atoms with E-state index in [1.54, 1.807) is 21.3 Å². The Morgan fingerprint density at radius 2 is 1.50 bits per heavy atom. The number of aliphatic hydroxyl groups is 1. The molecule has 1 aliphatic heterocycles. The van der Waals surface area contributed by atoms with Gasteiger partial charge in [-0.2, -0.15) is 0 Å². The van der Waals surface area contributed by atoms with E-state index in [1.807, 2.05) is 0 Å². The number of hydrogen-bond donors (Lipinski definition) is 1. The van der Waals surface area contributed by atoms with E-state index in [1.165, 1.54) is 7.11 Å². The molecular formula is C10H20O6. The SMILES string of the molecule is COC[C@@H]1O[C@@H](O)[C@@H](OC)[C@H](OC)[C@@H]1OC. The van der Waals surface area contributed by atoms with Crippen LogP contribution in [0.3, 0.4) is 0 Å². The van der Waals surface area contributed by atoms with Crippen LogP contribution in [0.15, 0.2) is 0 Å². The van der Waals surface area contributed by atoms with Crippen LogP contribution >= 0.6 is 0 Å². The van der Waals surface area contributed by atoms with Crippen molar-refractivity contribution >= 4 is 0 Å². The summed E-state index contributed by atoms with van der Waals surface area (Å²) in [4.78, 5) is 0. The summed E-state index contributed by atoms with van der Waals surface area (Å²) in [7, 11) is 6.16. The zero-order valence-corrected chi connectivity index (χ0v) is 10.1. The Hall–Kier alpha value is -0.240. The molecule has 1 aliphatic rings. The fraction of sp³-hybridized carbons (Fsp3) is 1.00. The van der Waals surface area contributed by atoms with Gasteiger partial charge in [0.15, 0.2) is 6.29 Å². The molecule has 1 saturated heterocycles. The normalized spacial score (nSPS) is 39.9. The van der Waals surface area contributed by atoms with Gasteiger partial charge in [0, 0.05) is 28.4 Å². The van der Waals surface area contributed by atoms with Gasteiger partial charge in [0.05, 0.1) is 6.61 Å². The van der Waals surface area contributed by atoms with Crippen LogP contribution < -0.4 is 0 Å². The van der Waals surface area contributed by atoms with Crippen LogP contribution in [0, 0.1) is 0 Å². The van der Waals surface area contributed by atoms with Gasteiger partial charge >= 0.3 is 0 Å². The van der Waals surface area contributed by atoms with Gasteiger partial charge in [-0.25, -0.2) is 0 Å². The molecule has 6 nitrogen and oxygen atoms in total. The first-order valence-corrected chi connectivity index (χ1v) is 5.10. The van der Waals surface area contributed by atoms with Gasteiger partial charge < -0.3 is 28.8 Å². The Bertz CT molecular complexity index is 200. The van der Waals surface area contributed by atoms with Crippen LogP contribution in [0.25, 0.3) is 0 Å². The first kappa shape index (κ1) is 13.8. The van der Waals surface area contributed by atoms with E-state index < -0.39 is 12.4 Å². The van der Waals surface area contributed by atoms with E-state index in [0.29, 0.717) is 6.61 Å². The fourth-order valence-electron chi connectivity index (χ4n) is 2.00. The summed E-state index contributed by atoms with van der Waals surface area (Å²) in [5.41, 5.74) is 0. The first-order valence-electron chi connectivity index (χ1n) is 5.10. The van der Waals surface area contributed by atoms with Gasteiger partial charge in [-0.05, 0) is 0 Å². The first-order chi connectivity index (χ1) is 7.69. The highest BCUT2D eigenvalue weighted by Gasteiger charge is 2.46. The highest BCUT2D eigenvalue weighted by Crippen LogP contribution is 2.25. The average Bonchev–Trinajstić information content (AvgIpc) is 2.28. The van der Waals surface area contributed by atoms with Crippen molar-refractivity contribution in [3.63, 3.8) is 0 Å². The minimum absolute atomic E-state index is 0.325. The molecule has 1 rings (SSSR count). The van der Waals surface area contributed by atoms with Crippen molar-refractivity contribution in [3.8, 4) is 0 Å². The zero-order chi connectivity index (χ0) is 12.1. The molecule has 0 aliphatic carbocycles. The lowest BCUT2D eigenvalue weighted by atomic mass is 9.98. The number of methoxy groups -OCH3 is 4. The molecule has 0 amide bonds. The van der Waals surface area contributed by atoms with Crippen molar-refractivity contribution < 1.29 is 28.8 Å². The van der Waals surface area contributed by atoms with Gasteiger partial charge in [0.2, 0.25) is 0 Å². The molecule has 1 fully saturated rings. The van der Waals surface area contributed by atoms with Gasteiger partial charge in [0.1, 0.15) is 24.4 Å². The molecule has 0 aromatic rings. The maximum Gasteiger partial charge on any atom is 0.184 e. The molecule has 5 atom stereocenters. The number of hydrogen-bond acceptors (Lipinski definition) is 6. The molecule has 0 spiro atoms. The predicted octanol–water partition coefficient (Wildman–Crippen LogP) is -0.605. The van der Waals surface area contributed by atoms with Crippen LogP contribution in [0.1, 0.15) is 0 Å². The maximum absolute atomic E-state index is 9.74. The van der Waals surface area contributed by atoms with Crippen molar-refractivity contribution in [1.82, 2.24) is 0 Å². The molecule has 16 heavy (non-hydrogen) atoms. The quantitative estimate of drug-likeness (QED) is 0.687. The third-order valence-corrected chi connectivity index (χ3v) is 2.76. The van der Waals surface area contributed by atoms with Crippen LogP contribution in [0.5, 0.6) is 0 Å². The van der Waals surface area contributed by atoms with Crippen molar-refractivity contribution in [2.45, 2.75) is 30.7 Å². The van der Waals surface area contributed by atoms with Crippen molar-refractivity contribution in [2.24, 2.45) is 0 Å². The zero-order valence-electron chi connectivity index (χ0n) is 10.1. The Kier molecular flexibility index (Phi) is 5.60. The minimum Gasteiger partial charge on any atom is -0.382 e. The lowest BCUT2D eigenvalue weighted by molar-refractivity contribution is -0.300. The molecule has 0 unspecified atom stereocenters. The van der Waals surface area contributed by atoms with Crippen LogP contribution in [0.4, 0.5) is 0 Å². The molecule has 1 heterocycles. The number of rotatable bonds is 5. The Morgan fingerprint density at radius 1 is 0.938 bits per heavy atom. The number of aliphatic hydroxyl groups excluding tert-OH is 1. The summed E-state index contributed by atoms with van der Waals surface area (Å²) in [6.45, 7) is 0.325. The van der Waals surface area contributed by atoms with Gasteiger partial charge in [-0.1, -0.05) is 0 Å². The van der Waals surface area contributed by atoms with Crippen molar-refractivity contribution in [3.05, 3.63) is 0 Å². The highest BCUT2D eigenvalue weighted by atomic mass is 16.7. The molecule has 0 aromatic heterocycles.